The number of rotatable bonds is 3. The van der Waals surface area contributed by atoms with E-state index in [4.69, 9.17) is 9.84 Å². The van der Waals surface area contributed by atoms with E-state index in [1.807, 2.05) is 24.3 Å². The summed E-state index contributed by atoms with van der Waals surface area (Å²) in [5.41, 5.74) is 1.57. The van der Waals surface area contributed by atoms with Gasteiger partial charge in [0.25, 0.3) is 0 Å². The first-order valence-electron chi connectivity index (χ1n) is 4.88. The minimum atomic E-state index is -0.993. The van der Waals surface area contributed by atoms with Crippen molar-refractivity contribution in [2.45, 2.75) is 6.92 Å². The van der Waals surface area contributed by atoms with Crippen LogP contribution in [0.15, 0.2) is 30.3 Å². The number of ether oxygens (including phenoxy) is 1. The zero-order valence-electron chi connectivity index (χ0n) is 8.80. The minimum absolute atomic E-state index is 0.346. The standard InChI is InChI=1S/C12H11NO3/c1-8-11(16-7-12(14)15)6-9-4-2-3-5-10(9)13-8/h2-6H,7H2,1H3,(H,14,15). The molecule has 1 N–H and O–H groups in total. The van der Waals surface area contributed by atoms with Crippen LogP contribution in [0.4, 0.5) is 0 Å². The Morgan fingerprint density at radius 1 is 1.44 bits per heavy atom. The quantitative estimate of drug-likeness (QED) is 0.854. The van der Waals surface area contributed by atoms with Crippen molar-refractivity contribution in [1.29, 1.82) is 0 Å². The molecule has 0 aliphatic heterocycles. The summed E-state index contributed by atoms with van der Waals surface area (Å²) in [6.07, 6.45) is 0. The Morgan fingerprint density at radius 2 is 2.19 bits per heavy atom. The van der Waals surface area contributed by atoms with Gasteiger partial charge in [-0.2, -0.15) is 0 Å². The topological polar surface area (TPSA) is 59.4 Å². The fourth-order valence-electron chi connectivity index (χ4n) is 1.48. The summed E-state index contributed by atoms with van der Waals surface area (Å²) in [5.74, 6) is -0.478. The minimum Gasteiger partial charge on any atom is -0.480 e. The Bertz CT molecular complexity index is 537. The Kier molecular flexibility index (Phi) is 2.72. The molecule has 0 aliphatic rings. The summed E-state index contributed by atoms with van der Waals surface area (Å²) in [4.78, 5) is 14.7. The second-order valence-corrected chi connectivity index (χ2v) is 3.45. The third-order valence-electron chi connectivity index (χ3n) is 2.22. The molecule has 0 fully saturated rings. The first kappa shape index (κ1) is 10.4. The second-order valence-electron chi connectivity index (χ2n) is 3.45. The molecule has 16 heavy (non-hydrogen) atoms. The van der Waals surface area contributed by atoms with Crippen LogP contribution < -0.4 is 4.74 Å². The molecule has 1 heterocycles. The van der Waals surface area contributed by atoms with Gasteiger partial charge in [0.1, 0.15) is 5.75 Å². The van der Waals surface area contributed by atoms with E-state index >= 15 is 0 Å². The molecular weight excluding hydrogens is 206 g/mol. The van der Waals surface area contributed by atoms with E-state index in [1.54, 1.807) is 13.0 Å². The molecule has 0 saturated heterocycles. The number of carboxylic acid groups (broad SMARTS) is 1. The van der Waals surface area contributed by atoms with Crippen LogP contribution in [0.2, 0.25) is 0 Å². The van der Waals surface area contributed by atoms with Crippen molar-refractivity contribution in [1.82, 2.24) is 4.98 Å². The molecule has 0 spiro atoms. The molecule has 4 nitrogen and oxygen atoms in total. The molecule has 82 valence electrons. The summed E-state index contributed by atoms with van der Waals surface area (Å²) in [7, 11) is 0. The van der Waals surface area contributed by atoms with Gasteiger partial charge in [-0.05, 0) is 19.1 Å². The fraction of sp³-hybridized carbons (Fsp3) is 0.167. The number of hydrogen-bond donors (Lipinski definition) is 1. The lowest BCUT2D eigenvalue weighted by Gasteiger charge is -2.07. The van der Waals surface area contributed by atoms with Crippen molar-refractivity contribution in [3.8, 4) is 5.75 Å². The Labute approximate surface area is 92.5 Å². The molecule has 1 aromatic carbocycles. The molecular formula is C12H11NO3. The smallest absolute Gasteiger partial charge is 0.341 e. The van der Waals surface area contributed by atoms with Gasteiger partial charge in [0, 0.05) is 5.39 Å². The normalized spacial score (nSPS) is 10.3. The van der Waals surface area contributed by atoms with Crippen LogP contribution in [0.25, 0.3) is 10.9 Å². The Morgan fingerprint density at radius 3 is 2.94 bits per heavy atom. The molecule has 4 heteroatoms. The number of carbonyl (C=O) groups is 1. The number of carboxylic acids is 1. The zero-order chi connectivity index (χ0) is 11.5. The van der Waals surface area contributed by atoms with E-state index in [2.05, 4.69) is 4.98 Å². The number of pyridine rings is 1. The van der Waals surface area contributed by atoms with Crippen molar-refractivity contribution in [3.05, 3.63) is 36.0 Å². The number of nitrogens with zero attached hydrogens (tertiary/aromatic N) is 1. The highest BCUT2D eigenvalue weighted by atomic mass is 16.5. The maximum Gasteiger partial charge on any atom is 0.341 e. The molecule has 0 aliphatic carbocycles. The van der Waals surface area contributed by atoms with E-state index < -0.39 is 5.97 Å². The summed E-state index contributed by atoms with van der Waals surface area (Å²) >= 11 is 0. The lowest BCUT2D eigenvalue weighted by Crippen LogP contribution is -2.10. The van der Waals surface area contributed by atoms with Crippen LogP contribution in [-0.4, -0.2) is 22.7 Å². The molecule has 2 rings (SSSR count). The lowest BCUT2D eigenvalue weighted by molar-refractivity contribution is -0.139. The van der Waals surface area contributed by atoms with Crippen LogP contribution in [0.5, 0.6) is 5.75 Å². The molecule has 0 bridgehead atoms. The van der Waals surface area contributed by atoms with Crippen LogP contribution in [0.1, 0.15) is 5.69 Å². The van der Waals surface area contributed by atoms with E-state index in [-0.39, 0.29) is 6.61 Å². The molecule has 1 aromatic heterocycles. The number of fused-ring (bicyclic) bond motifs is 1. The average Bonchev–Trinajstić information content (AvgIpc) is 2.26. The number of para-hydroxylation sites is 1. The molecule has 0 amide bonds. The number of aryl methyl sites for hydroxylation is 1. The van der Waals surface area contributed by atoms with E-state index in [0.717, 1.165) is 10.9 Å². The fourth-order valence-corrected chi connectivity index (χ4v) is 1.48. The maximum absolute atomic E-state index is 10.4. The van der Waals surface area contributed by atoms with Gasteiger partial charge >= 0.3 is 5.97 Å². The first-order valence-corrected chi connectivity index (χ1v) is 4.88. The van der Waals surface area contributed by atoms with E-state index in [1.165, 1.54) is 0 Å². The van der Waals surface area contributed by atoms with E-state index in [9.17, 15) is 4.79 Å². The van der Waals surface area contributed by atoms with Gasteiger partial charge in [-0.3, -0.25) is 0 Å². The molecule has 2 aromatic rings. The highest BCUT2D eigenvalue weighted by Gasteiger charge is 2.05. The van der Waals surface area contributed by atoms with Crippen LogP contribution in [0.3, 0.4) is 0 Å². The Balaban J connectivity index is 2.38. The van der Waals surface area contributed by atoms with Crippen molar-refractivity contribution in [2.75, 3.05) is 6.61 Å². The summed E-state index contributed by atoms with van der Waals surface area (Å²) < 4.78 is 5.14. The zero-order valence-corrected chi connectivity index (χ0v) is 8.80. The lowest BCUT2D eigenvalue weighted by atomic mass is 10.2. The summed E-state index contributed by atoms with van der Waals surface area (Å²) in [6.45, 7) is 1.45. The van der Waals surface area contributed by atoms with Gasteiger partial charge in [0.2, 0.25) is 0 Å². The summed E-state index contributed by atoms with van der Waals surface area (Å²) in [6, 6.07) is 9.44. The van der Waals surface area contributed by atoms with Crippen molar-refractivity contribution in [3.63, 3.8) is 0 Å². The number of aromatic nitrogens is 1. The van der Waals surface area contributed by atoms with Crippen molar-refractivity contribution < 1.29 is 14.6 Å². The second kappa shape index (κ2) is 4.18. The van der Waals surface area contributed by atoms with Crippen molar-refractivity contribution in [2.24, 2.45) is 0 Å². The van der Waals surface area contributed by atoms with Crippen LogP contribution >= 0.6 is 0 Å². The molecule has 0 atom stereocenters. The van der Waals surface area contributed by atoms with Gasteiger partial charge in [0.05, 0.1) is 11.2 Å². The first-order chi connectivity index (χ1) is 7.66. The van der Waals surface area contributed by atoms with Gasteiger partial charge in [-0.15, -0.1) is 0 Å². The molecule has 0 radical (unpaired) electrons. The van der Waals surface area contributed by atoms with Crippen molar-refractivity contribution >= 4 is 16.9 Å². The third kappa shape index (κ3) is 2.11. The average molecular weight is 217 g/mol. The number of benzene rings is 1. The highest BCUT2D eigenvalue weighted by molar-refractivity contribution is 5.80. The number of hydrogen-bond acceptors (Lipinski definition) is 3. The van der Waals surface area contributed by atoms with E-state index in [0.29, 0.717) is 11.4 Å². The van der Waals surface area contributed by atoms with Crippen LogP contribution in [0, 0.1) is 6.92 Å². The maximum atomic E-state index is 10.4. The number of aliphatic carboxylic acids is 1. The largest absolute Gasteiger partial charge is 0.480 e. The Hall–Kier alpha value is -2.10. The van der Waals surface area contributed by atoms with Gasteiger partial charge in [0.15, 0.2) is 6.61 Å². The monoisotopic (exact) mass is 217 g/mol. The van der Waals surface area contributed by atoms with Gasteiger partial charge in [-0.1, -0.05) is 18.2 Å². The molecule has 0 unspecified atom stereocenters. The van der Waals surface area contributed by atoms with Gasteiger partial charge < -0.3 is 9.84 Å². The third-order valence-corrected chi connectivity index (χ3v) is 2.22. The predicted molar refractivity (Wildman–Crippen MR) is 59.6 cm³/mol. The predicted octanol–water partition coefficient (Wildman–Crippen LogP) is 2.01. The highest BCUT2D eigenvalue weighted by Crippen LogP contribution is 2.22. The molecule has 0 saturated carbocycles. The summed E-state index contributed by atoms with van der Waals surface area (Å²) in [5, 5.41) is 9.47. The SMILES string of the molecule is Cc1nc2ccccc2cc1OCC(=O)O. The van der Waals surface area contributed by atoms with Crippen LogP contribution in [-0.2, 0) is 4.79 Å². The van der Waals surface area contributed by atoms with Gasteiger partial charge in [-0.25, -0.2) is 9.78 Å².